The highest BCUT2D eigenvalue weighted by atomic mass is 16.5. The molecule has 5 heteroatoms. The average molecular weight is 344 g/mol. The van der Waals surface area contributed by atoms with E-state index in [4.69, 9.17) is 15.2 Å². The Labute approximate surface area is 149 Å². The fourth-order valence-electron chi connectivity index (χ4n) is 2.67. The van der Waals surface area contributed by atoms with E-state index in [1.807, 2.05) is 48.5 Å². The minimum absolute atomic E-state index is 0.285. The molecule has 0 aliphatic rings. The van der Waals surface area contributed by atoms with Crippen LogP contribution in [0.25, 0.3) is 0 Å². The summed E-state index contributed by atoms with van der Waals surface area (Å²) in [6, 6.07) is 15.5. The Kier molecular flexibility index (Phi) is 7.73. The van der Waals surface area contributed by atoms with E-state index in [1.165, 1.54) is 0 Å². The van der Waals surface area contributed by atoms with E-state index in [-0.39, 0.29) is 6.04 Å². The topological polar surface area (TPSA) is 76.7 Å². The van der Waals surface area contributed by atoms with Gasteiger partial charge in [0.1, 0.15) is 11.5 Å². The third kappa shape index (κ3) is 6.38. The predicted molar refractivity (Wildman–Crippen MR) is 100 cm³/mol. The van der Waals surface area contributed by atoms with Gasteiger partial charge in [-0.1, -0.05) is 30.3 Å². The molecule has 2 aromatic carbocycles. The largest absolute Gasteiger partial charge is 0.497 e. The maximum Gasteiger partial charge on any atom is 0.122 e. The standard InChI is InChI=1S/C20H28N2O3/c1-24-17-10-16(11-18(13-17)25-2)8-9-22-14-20(23)19(21)12-15-6-4-3-5-7-15/h3-7,10-11,13,19-20,22-23H,8-9,12,14,21H2,1-2H3/t19-,20+/m0/s1. The number of aliphatic hydroxyl groups excluding tert-OH is 1. The molecular weight excluding hydrogens is 316 g/mol. The van der Waals surface area contributed by atoms with Gasteiger partial charge in [-0.25, -0.2) is 0 Å². The van der Waals surface area contributed by atoms with Gasteiger partial charge in [-0.15, -0.1) is 0 Å². The molecule has 0 saturated heterocycles. The first-order valence-electron chi connectivity index (χ1n) is 8.52. The van der Waals surface area contributed by atoms with Crippen LogP contribution in [0.3, 0.4) is 0 Å². The number of ether oxygens (including phenoxy) is 2. The number of hydrogen-bond donors (Lipinski definition) is 3. The minimum atomic E-state index is -0.583. The highest BCUT2D eigenvalue weighted by Crippen LogP contribution is 2.22. The normalized spacial score (nSPS) is 13.3. The van der Waals surface area contributed by atoms with Crippen molar-refractivity contribution in [2.24, 2.45) is 5.73 Å². The van der Waals surface area contributed by atoms with E-state index in [9.17, 15) is 5.11 Å². The monoisotopic (exact) mass is 344 g/mol. The summed E-state index contributed by atoms with van der Waals surface area (Å²) in [5.74, 6) is 1.55. The first-order valence-corrected chi connectivity index (χ1v) is 8.52. The number of nitrogens with two attached hydrogens (primary N) is 1. The summed E-state index contributed by atoms with van der Waals surface area (Å²) in [4.78, 5) is 0. The Balaban J connectivity index is 1.75. The first kappa shape index (κ1) is 19.2. The quantitative estimate of drug-likeness (QED) is 0.573. The zero-order valence-corrected chi connectivity index (χ0v) is 14.9. The third-order valence-corrected chi connectivity index (χ3v) is 4.16. The van der Waals surface area contributed by atoms with E-state index in [2.05, 4.69) is 5.32 Å². The molecule has 2 atom stereocenters. The molecule has 5 nitrogen and oxygen atoms in total. The molecule has 0 saturated carbocycles. The summed E-state index contributed by atoms with van der Waals surface area (Å²) < 4.78 is 10.5. The molecule has 136 valence electrons. The first-order chi connectivity index (χ1) is 12.1. The van der Waals surface area contributed by atoms with Crippen molar-refractivity contribution >= 4 is 0 Å². The van der Waals surface area contributed by atoms with Crippen LogP contribution in [0.2, 0.25) is 0 Å². The van der Waals surface area contributed by atoms with E-state index >= 15 is 0 Å². The van der Waals surface area contributed by atoms with Crippen molar-refractivity contribution in [3.63, 3.8) is 0 Å². The van der Waals surface area contributed by atoms with Crippen molar-refractivity contribution in [3.05, 3.63) is 59.7 Å². The molecule has 0 radical (unpaired) electrons. The van der Waals surface area contributed by atoms with Crippen LogP contribution in [0, 0.1) is 0 Å². The molecular formula is C20H28N2O3. The van der Waals surface area contributed by atoms with Crippen LogP contribution in [0.4, 0.5) is 0 Å². The van der Waals surface area contributed by atoms with Crippen molar-refractivity contribution in [3.8, 4) is 11.5 Å². The number of aliphatic hydroxyl groups is 1. The number of methoxy groups -OCH3 is 2. The lowest BCUT2D eigenvalue weighted by atomic mass is 10.0. The number of rotatable bonds is 10. The second-order valence-electron chi connectivity index (χ2n) is 6.10. The van der Waals surface area contributed by atoms with E-state index in [0.29, 0.717) is 13.0 Å². The second-order valence-corrected chi connectivity index (χ2v) is 6.10. The van der Waals surface area contributed by atoms with Gasteiger partial charge in [-0.2, -0.15) is 0 Å². The lowest BCUT2D eigenvalue weighted by molar-refractivity contribution is 0.142. The van der Waals surface area contributed by atoms with Gasteiger partial charge in [-0.05, 0) is 42.6 Å². The fraction of sp³-hybridized carbons (Fsp3) is 0.400. The lowest BCUT2D eigenvalue weighted by Gasteiger charge is -2.19. The van der Waals surface area contributed by atoms with Crippen molar-refractivity contribution < 1.29 is 14.6 Å². The van der Waals surface area contributed by atoms with Crippen molar-refractivity contribution in [1.82, 2.24) is 5.32 Å². The predicted octanol–water partition coefficient (Wildman–Crippen LogP) is 1.77. The van der Waals surface area contributed by atoms with Crippen LogP contribution in [-0.2, 0) is 12.8 Å². The van der Waals surface area contributed by atoms with E-state index in [0.717, 1.165) is 35.6 Å². The molecule has 0 amide bonds. The Bertz CT molecular complexity index is 612. The van der Waals surface area contributed by atoms with E-state index < -0.39 is 6.10 Å². The van der Waals surface area contributed by atoms with Crippen molar-refractivity contribution in [1.29, 1.82) is 0 Å². The van der Waals surface area contributed by atoms with Gasteiger partial charge in [0.15, 0.2) is 0 Å². The van der Waals surface area contributed by atoms with Gasteiger partial charge in [0.25, 0.3) is 0 Å². The van der Waals surface area contributed by atoms with Gasteiger partial charge in [0.2, 0.25) is 0 Å². The Morgan fingerprint density at radius 1 is 1.00 bits per heavy atom. The number of hydrogen-bond acceptors (Lipinski definition) is 5. The molecule has 25 heavy (non-hydrogen) atoms. The molecule has 0 unspecified atom stereocenters. The maximum atomic E-state index is 10.2. The SMILES string of the molecule is COc1cc(CCNC[C@@H](O)[C@@H](N)Cc2ccccc2)cc(OC)c1. The van der Waals surface area contributed by atoms with Gasteiger partial charge in [0.05, 0.1) is 20.3 Å². The minimum Gasteiger partial charge on any atom is -0.497 e. The average Bonchev–Trinajstić information content (AvgIpc) is 2.65. The summed E-state index contributed by atoms with van der Waals surface area (Å²) >= 11 is 0. The molecule has 0 aliphatic heterocycles. The van der Waals surface area contributed by atoms with Gasteiger partial charge in [-0.3, -0.25) is 0 Å². The Morgan fingerprint density at radius 3 is 2.24 bits per heavy atom. The smallest absolute Gasteiger partial charge is 0.122 e. The van der Waals surface area contributed by atoms with Gasteiger partial charge < -0.3 is 25.6 Å². The summed E-state index contributed by atoms with van der Waals surface area (Å²) in [6.45, 7) is 1.21. The van der Waals surface area contributed by atoms with Crippen molar-refractivity contribution in [2.75, 3.05) is 27.3 Å². The third-order valence-electron chi connectivity index (χ3n) is 4.16. The Morgan fingerprint density at radius 2 is 1.64 bits per heavy atom. The summed E-state index contributed by atoms with van der Waals surface area (Å²) in [6.07, 6.45) is 0.894. The molecule has 0 aromatic heterocycles. The maximum absolute atomic E-state index is 10.2. The number of nitrogens with one attached hydrogen (secondary N) is 1. The molecule has 0 spiro atoms. The van der Waals surface area contributed by atoms with Gasteiger partial charge in [0, 0.05) is 18.7 Å². The summed E-state index contributed by atoms with van der Waals surface area (Å²) in [5, 5.41) is 13.5. The van der Waals surface area contributed by atoms with Crippen LogP contribution >= 0.6 is 0 Å². The Hall–Kier alpha value is -2.08. The van der Waals surface area contributed by atoms with Crippen LogP contribution < -0.4 is 20.5 Å². The zero-order valence-electron chi connectivity index (χ0n) is 14.9. The van der Waals surface area contributed by atoms with Crippen LogP contribution in [0.5, 0.6) is 11.5 Å². The second kappa shape index (κ2) is 10.0. The lowest BCUT2D eigenvalue weighted by Crippen LogP contribution is -2.43. The summed E-state index contributed by atoms with van der Waals surface area (Å²) in [7, 11) is 3.28. The van der Waals surface area contributed by atoms with Crippen molar-refractivity contribution in [2.45, 2.75) is 25.0 Å². The molecule has 2 rings (SSSR count). The molecule has 4 N–H and O–H groups in total. The molecule has 2 aromatic rings. The molecule has 0 bridgehead atoms. The molecule has 0 heterocycles. The summed E-state index contributed by atoms with van der Waals surface area (Å²) in [5.41, 5.74) is 8.35. The van der Waals surface area contributed by atoms with Crippen LogP contribution in [-0.4, -0.2) is 44.6 Å². The highest BCUT2D eigenvalue weighted by Gasteiger charge is 2.14. The number of benzene rings is 2. The van der Waals surface area contributed by atoms with Crippen LogP contribution in [0.1, 0.15) is 11.1 Å². The molecule has 0 aliphatic carbocycles. The highest BCUT2D eigenvalue weighted by molar-refractivity contribution is 5.38. The molecule has 0 fully saturated rings. The van der Waals surface area contributed by atoms with Gasteiger partial charge >= 0.3 is 0 Å². The van der Waals surface area contributed by atoms with E-state index in [1.54, 1.807) is 14.2 Å². The fourth-order valence-corrected chi connectivity index (χ4v) is 2.67. The zero-order chi connectivity index (χ0) is 18.1. The van der Waals surface area contributed by atoms with Crippen LogP contribution in [0.15, 0.2) is 48.5 Å².